The molecule has 1 rings (SSSR count). The van der Waals surface area contributed by atoms with Crippen molar-refractivity contribution in [1.29, 1.82) is 0 Å². The maximum atomic E-state index is 10.6. The van der Waals surface area contributed by atoms with Crippen LogP contribution in [0, 0.1) is 0 Å². The monoisotopic (exact) mass is 138 g/mol. The summed E-state index contributed by atoms with van der Waals surface area (Å²) >= 11 is 0. The van der Waals surface area contributed by atoms with Gasteiger partial charge in [-0.1, -0.05) is 39.6 Å². The zero-order chi connectivity index (χ0) is 6.69. The molecule has 1 aromatic rings. The van der Waals surface area contributed by atoms with Gasteiger partial charge < -0.3 is 0 Å². The lowest BCUT2D eigenvalue weighted by molar-refractivity contribution is 0.108. The molecule has 1 atom stereocenters. The van der Waals surface area contributed by atoms with Gasteiger partial charge in [-0.05, 0) is 0 Å². The molecule has 9 heavy (non-hydrogen) atoms. The first-order valence-electron chi connectivity index (χ1n) is 2.65. The summed E-state index contributed by atoms with van der Waals surface area (Å²) in [5.74, 6) is 0. The van der Waals surface area contributed by atoms with Crippen LogP contribution in [0.1, 0.15) is 10.4 Å². The summed E-state index contributed by atoms with van der Waals surface area (Å²) < 4.78 is 0. The van der Waals surface area contributed by atoms with Gasteiger partial charge in [0, 0.05) is 5.56 Å². The fourth-order valence-electron chi connectivity index (χ4n) is 0.602. The molecule has 0 aromatic heterocycles. The van der Waals surface area contributed by atoms with Crippen molar-refractivity contribution in [2.45, 2.75) is 0 Å². The second-order valence-electron chi connectivity index (χ2n) is 1.73. The SMILES string of the molecule is O=C(P)c1ccccc1. The zero-order valence-electron chi connectivity index (χ0n) is 4.87. The number of rotatable bonds is 1. The molecule has 46 valence electrons. The fraction of sp³-hybridized carbons (Fsp3) is 0. The molecule has 0 amide bonds. The van der Waals surface area contributed by atoms with E-state index in [1.54, 1.807) is 12.1 Å². The van der Waals surface area contributed by atoms with Crippen molar-refractivity contribution in [1.82, 2.24) is 0 Å². The highest BCUT2D eigenvalue weighted by Crippen LogP contribution is 2.03. The first-order chi connectivity index (χ1) is 4.30. The molecule has 0 saturated carbocycles. The summed E-state index contributed by atoms with van der Waals surface area (Å²) in [6.45, 7) is 0. The Balaban J connectivity index is 2.98. The Hall–Kier alpha value is -0.680. The Morgan fingerprint density at radius 2 is 1.78 bits per heavy atom. The van der Waals surface area contributed by atoms with Crippen molar-refractivity contribution in [3.63, 3.8) is 0 Å². The topological polar surface area (TPSA) is 17.1 Å². The number of hydrogen-bond donors (Lipinski definition) is 0. The fourth-order valence-corrected chi connectivity index (χ4v) is 0.795. The first kappa shape index (κ1) is 6.44. The normalized spacial score (nSPS) is 9.00. The quantitative estimate of drug-likeness (QED) is 0.540. The lowest BCUT2D eigenvalue weighted by atomic mass is 10.2. The summed E-state index contributed by atoms with van der Waals surface area (Å²) in [7, 11) is 2.13. The van der Waals surface area contributed by atoms with Crippen molar-refractivity contribution < 1.29 is 4.79 Å². The molecule has 0 aliphatic heterocycles. The molecule has 0 fully saturated rings. The van der Waals surface area contributed by atoms with Crippen LogP contribution in [0.5, 0.6) is 0 Å². The Bertz CT molecular complexity index is 205. The van der Waals surface area contributed by atoms with Crippen LogP contribution in [-0.4, -0.2) is 5.52 Å². The number of carbonyl (C=O) groups excluding carboxylic acids is 1. The Morgan fingerprint density at radius 1 is 1.22 bits per heavy atom. The molecule has 1 aromatic carbocycles. The summed E-state index contributed by atoms with van der Waals surface area (Å²) in [5.41, 5.74) is 0.776. The largest absolute Gasteiger partial charge is 0.290 e. The van der Waals surface area contributed by atoms with Crippen molar-refractivity contribution in [3.8, 4) is 0 Å². The van der Waals surface area contributed by atoms with Crippen LogP contribution in [-0.2, 0) is 0 Å². The third-order valence-corrected chi connectivity index (χ3v) is 1.39. The molecule has 1 nitrogen and oxygen atoms in total. The van der Waals surface area contributed by atoms with Crippen LogP contribution in [0.15, 0.2) is 30.3 Å². The standard InChI is InChI=1S/C7H7OP/c8-7(9)6-4-2-1-3-5-6/h1-5H,9H2. The van der Waals surface area contributed by atoms with Crippen molar-refractivity contribution in [2.24, 2.45) is 0 Å². The summed E-state index contributed by atoms with van der Waals surface area (Å²) in [4.78, 5) is 10.6. The molecule has 0 spiro atoms. The van der Waals surface area contributed by atoms with E-state index in [0.29, 0.717) is 0 Å². The Morgan fingerprint density at radius 3 is 2.11 bits per heavy atom. The Labute approximate surface area is 56.3 Å². The molecule has 0 aliphatic carbocycles. The molecular weight excluding hydrogens is 131 g/mol. The van der Waals surface area contributed by atoms with Gasteiger partial charge in [0.1, 0.15) is 0 Å². The van der Waals surface area contributed by atoms with Crippen LogP contribution in [0.3, 0.4) is 0 Å². The lowest BCUT2D eigenvalue weighted by Crippen LogP contribution is -1.83. The zero-order valence-corrected chi connectivity index (χ0v) is 6.03. The second kappa shape index (κ2) is 2.75. The van der Waals surface area contributed by atoms with Crippen molar-refractivity contribution in [3.05, 3.63) is 35.9 Å². The van der Waals surface area contributed by atoms with Gasteiger partial charge in [0.2, 0.25) is 0 Å². The van der Waals surface area contributed by atoms with Gasteiger partial charge in [-0.3, -0.25) is 4.79 Å². The maximum absolute atomic E-state index is 10.6. The third-order valence-electron chi connectivity index (χ3n) is 1.06. The average molecular weight is 138 g/mol. The lowest BCUT2D eigenvalue weighted by Gasteiger charge is -1.89. The van der Waals surface area contributed by atoms with Crippen LogP contribution >= 0.6 is 9.24 Å². The predicted octanol–water partition coefficient (Wildman–Crippen LogP) is 1.70. The van der Waals surface area contributed by atoms with Gasteiger partial charge in [0.25, 0.3) is 0 Å². The molecule has 1 unspecified atom stereocenters. The molecule has 0 N–H and O–H groups in total. The van der Waals surface area contributed by atoms with Crippen LogP contribution < -0.4 is 0 Å². The van der Waals surface area contributed by atoms with E-state index in [9.17, 15) is 4.79 Å². The number of hydrogen-bond acceptors (Lipinski definition) is 1. The molecule has 0 saturated heterocycles. The van der Waals surface area contributed by atoms with E-state index in [4.69, 9.17) is 0 Å². The van der Waals surface area contributed by atoms with Gasteiger partial charge in [-0.15, -0.1) is 0 Å². The predicted molar refractivity (Wildman–Crippen MR) is 40.5 cm³/mol. The van der Waals surface area contributed by atoms with E-state index in [1.807, 2.05) is 18.2 Å². The van der Waals surface area contributed by atoms with E-state index < -0.39 is 0 Å². The third kappa shape index (κ3) is 1.62. The van der Waals surface area contributed by atoms with Gasteiger partial charge in [-0.25, -0.2) is 0 Å². The van der Waals surface area contributed by atoms with Crippen LogP contribution in [0.4, 0.5) is 0 Å². The van der Waals surface area contributed by atoms with Gasteiger partial charge in [0.05, 0.1) is 0 Å². The summed E-state index contributed by atoms with van der Waals surface area (Å²) in [6, 6.07) is 9.15. The molecular formula is C7H7OP. The van der Waals surface area contributed by atoms with Crippen LogP contribution in [0.2, 0.25) is 0 Å². The highest BCUT2D eigenvalue weighted by atomic mass is 31.0. The van der Waals surface area contributed by atoms with Gasteiger partial charge in [0.15, 0.2) is 5.52 Å². The smallest absolute Gasteiger partial charge is 0.178 e. The van der Waals surface area contributed by atoms with Crippen LogP contribution in [0.25, 0.3) is 0 Å². The highest BCUT2D eigenvalue weighted by molar-refractivity contribution is 7.41. The van der Waals surface area contributed by atoms with E-state index >= 15 is 0 Å². The number of benzene rings is 1. The average Bonchev–Trinajstić information content (AvgIpc) is 1.90. The van der Waals surface area contributed by atoms with E-state index in [1.165, 1.54) is 0 Å². The minimum Gasteiger partial charge on any atom is -0.290 e. The minimum atomic E-state index is 0.0376. The van der Waals surface area contributed by atoms with Gasteiger partial charge in [-0.2, -0.15) is 0 Å². The first-order valence-corrected chi connectivity index (χ1v) is 3.23. The highest BCUT2D eigenvalue weighted by Gasteiger charge is 1.92. The van der Waals surface area contributed by atoms with E-state index in [0.717, 1.165) is 5.56 Å². The summed E-state index contributed by atoms with van der Waals surface area (Å²) in [5, 5.41) is 0. The molecule has 0 bridgehead atoms. The van der Waals surface area contributed by atoms with Crippen molar-refractivity contribution in [2.75, 3.05) is 0 Å². The van der Waals surface area contributed by atoms with Gasteiger partial charge >= 0.3 is 0 Å². The minimum absolute atomic E-state index is 0.0376. The molecule has 0 aliphatic rings. The molecule has 0 heterocycles. The van der Waals surface area contributed by atoms with Crippen molar-refractivity contribution >= 4 is 14.8 Å². The molecule has 0 radical (unpaired) electrons. The maximum Gasteiger partial charge on any atom is 0.178 e. The molecule has 2 heteroatoms. The van der Waals surface area contributed by atoms with E-state index in [-0.39, 0.29) is 5.52 Å². The number of carbonyl (C=O) groups is 1. The Kier molecular flexibility index (Phi) is 1.96. The second-order valence-corrected chi connectivity index (χ2v) is 2.25. The van der Waals surface area contributed by atoms with E-state index in [2.05, 4.69) is 9.24 Å². The summed E-state index contributed by atoms with van der Waals surface area (Å²) in [6.07, 6.45) is 0.